The van der Waals surface area contributed by atoms with E-state index in [4.69, 9.17) is 4.74 Å². The number of anilines is 1. The van der Waals surface area contributed by atoms with Crippen LogP contribution in [0.1, 0.15) is 31.0 Å². The van der Waals surface area contributed by atoms with Gasteiger partial charge in [-0.25, -0.2) is 4.79 Å². The van der Waals surface area contributed by atoms with E-state index in [0.717, 1.165) is 16.8 Å². The van der Waals surface area contributed by atoms with E-state index in [0.29, 0.717) is 5.57 Å². The predicted octanol–water partition coefficient (Wildman–Crippen LogP) is 4.44. The lowest BCUT2D eigenvalue weighted by Gasteiger charge is -2.25. The van der Waals surface area contributed by atoms with Gasteiger partial charge in [-0.2, -0.15) is 0 Å². The van der Waals surface area contributed by atoms with Gasteiger partial charge in [-0.3, -0.25) is 0 Å². The molecule has 0 aliphatic carbocycles. The van der Waals surface area contributed by atoms with Crippen LogP contribution in [0, 0.1) is 0 Å². The number of nitrogens with one attached hydrogen (secondary N) is 1. The van der Waals surface area contributed by atoms with Crippen molar-refractivity contribution in [3.05, 3.63) is 71.8 Å². The molecule has 3 rings (SSSR count). The maximum atomic E-state index is 12.0. The summed E-state index contributed by atoms with van der Waals surface area (Å²) in [4.78, 5) is 12.0. The van der Waals surface area contributed by atoms with Gasteiger partial charge in [0, 0.05) is 11.3 Å². The first-order valence-electron chi connectivity index (χ1n) is 7.50. The number of carbonyl (C=O) groups is 1. The van der Waals surface area contributed by atoms with Gasteiger partial charge in [-0.1, -0.05) is 62.4 Å². The zero-order valence-corrected chi connectivity index (χ0v) is 13.2. The molecule has 0 saturated heterocycles. The normalized spacial score (nSPS) is 15.4. The molecule has 0 radical (unpaired) electrons. The van der Waals surface area contributed by atoms with E-state index in [9.17, 15) is 4.79 Å². The van der Waals surface area contributed by atoms with E-state index in [-0.39, 0.29) is 12.0 Å². The van der Waals surface area contributed by atoms with Gasteiger partial charge in [0.2, 0.25) is 0 Å². The Balaban J connectivity index is 0.000000847. The molecule has 2 aromatic rings. The summed E-state index contributed by atoms with van der Waals surface area (Å²) >= 11 is 0. The second kappa shape index (κ2) is 7.46. The summed E-state index contributed by atoms with van der Waals surface area (Å²) in [6.07, 6.45) is 1.92. The van der Waals surface area contributed by atoms with E-state index in [1.807, 2.05) is 74.5 Å². The van der Waals surface area contributed by atoms with Crippen molar-refractivity contribution in [2.75, 3.05) is 12.4 Å². The molecule has 1 atom stereocenters. The lowest BCUT2D eigenvalue weighted by molar-refractivity contribution is -0.133. The Kier molecular flexibility index (Phi) is 5.37. The van der Waals surface area contributed by atoms with Crippen LogP contribution in [-0.2, 0) is 9.53 Å². The van der Waals surface area contributed by atoms with E-state index in [1.165, 1.54) is 7.11 Å². The summed E-state index contributed by atoms with van der Waals surface area (Å²) in [6, 6.07) is 17.8. The lowest BCUT2D eigenvalue weighted by Crippen LogP contribution is -2.18. The number of hydrogen-bond donors (Lipinski definition) is 1. The van der Waals surface area contributed by atoms with Crippen LogP contribution in [-0.4, -0.2) is 13.1 Å². The zero-order valence-electron chi connectivity index (χ0n) is 13.2. The minimum atomic E-state index is -0.306. The van der Waals surface area contributed by atoms with Crippen molar-refractivity contribution in [3.63, 3.8) is 0 Å². The number of methoxy groups -OCH3 is 1. The molecular weight excluding hydrogens is 274 g/mol. The highest BCUT2D eigenvalue weighted by Crippen LogP contribution is 2.35. The van der Waals surface area contributed by atoms with Gasteiger partial charge in [0.15, 0.2) is 0 Å². The number of benzene rings is 2. The number of carbonyl (C=O) groups excluding carboxylic acids is 1. The van der Waals surface area contributed by atoms with Crippen LogP contribution in [0.5, 0.6) is 0 Å². The third kappa shape index (κ3) is 3.19. The average Bonchev–Trinajstić information content (AvgIpc) is 2.62. The summed E-state index contributed by atoms with van der Waals surface area (Å²) < 4.78 is 4.90. The smallest absolute Gasteiger partial charge is 0.338 e. The highest BCUT2D eigenvalue weighted by molar-refractivity contribution is 6.19. The third-order valence-electron chi connectivity index (χ3n) is 3.43. The molecule has 0 bridgehead atoms. The fourth-order valence-electron chi connectivity index (χ4n) is 2.44. The highest BCUT2D eigenvalue weighted by Gasteiger charge is 2.24. The maximum absolute atomic E-state index is 12.0. The summed E-state index contributed by atoms with van der Waals surface area (Å²) in [5.74, 6) is -0.306. The van der Waals surface area contributed by atoms with Gasteiger partial charge in [0.1, 0.15) is 0 Å². The summed E-state index contributed by atoms with van der Waals surface area (Å²) in [5.41, 5.74) is 3.55. The number of fused-ring (bicyclic) bond motifs is 1. The Morgan fingerprint density at radius 1 is 1.00 bits per heavy atom. The zero-order chi connectivity index (χ0) is 15.9. The minimum absolute atomic E-state index is 0.0276. The molecule has 0 aromatic heterocycles. The van der Waals surface area contributed by atoms with Crippen LogP contribution >= 0.6 is 0 Å². The van der Waals surface area contributed by atoms with Crippen molar-refractivity contribution in [2.45, 2.75) is 19.9 Å². The molecular formula is C19H21NO2. The molecule has 2 aromatic carbocycles. The Labute approximate surface area is 131 Å². The van der Waals surface area contributed by atoms with Crippen LogP contribution in [0.3, 0.4) is 0 Å². The molecule has 114 valence electrons. The molecule has 1 aliphatic rings. The molecule has 1 aliphatic heterocycles. The van der Waals surface area contributed by atoms with Crippen molar-refractivity contribution in [1.29, 1.82) is 0 Å². The fraction of sp³-hybridized carbons (Fsp3) is 0.211. The van der Waals surface area contributed by atoms with Crippen molar-refractivity contribution in [1.82, 2.24) is 0 Å². The van der Waals surface area contributed by atoms with Crippen molar-refractivity contribution < 1.29 is 9.53 Å². The van der Waals surface area contributed by atoms with Gasteiger partial charge >= 0.3 is 5.97 Å². The molecule has 3 heteroatoms. The summed E-state index contributed by atoms with van der Waals surface area (Å²) in [7, 11) is 1.41. The predicted molar refractivity (Wildman–Crippen MR) is 90.6 cm³/mol. The fourth-order valence-corrected chi connectivity index (χ4v) is 2.44. The third-order valence-corrected chi connectivity index (χ3v) is 3.43. The second-order valence-corrected chi connectivity index (χ2v) is 4.65. The van der Waals surface area contributed by atoms with Crippen LogP contribution in [0.25, 0.3) is 5.57 Å². The van der Waals surface area contributed by atoms with Crippen LogP contribution in [0.15, 0.2) is 60.7 Å². The summed E-state index contributed by atoms with van der Waals surface area (Å²) in [5, 5.41) is 3.44. The van der Waals surface area contributed by atoms with E-state index < -0.39 is 0 Å². The van der Waals surface area contributed by atoms with Crippen LogP contribution in [0.2, 0.25) is 0 Å². The first-order valence-corrected chi connectivity index (χ1v) is 7.50. The van der Waals surface area contributed by atoms with Gasteiger partial charge in [0.25, 0.3) is 0 Å². The number of rotatable bonds is 2. The molecule has 3 nitrogen and oxygen atoms in total. The number of hydrogen-bond acceptors (Lipinski definition) is 3. The highest BCUT2D eigenvalue weighted by atomic mass is 16.5. The molecule has 1 unspecified atom stereocenters. The maximum Gasteiger partial charge on any atom is 0.338 e. The molecule has 22 heavy (non-hydrogen) atoms. The quantitative estimate of drug-likeness (QED) is 0.833. The standard InChI is InChI=1S/C17H15NO2.C2H6/c1-20-17(19)14-11-16(12-7-3-2-4-8-12)18-15-10-6-5-9-13(14)15;1-2/h2-11,16,18H,1H3;1-2H3. The van der Waals surface area contributed by atoms with Crippen molar-refractivity contribution in [3.8, 4) is 0 Å². The van der Waals surface area contributed by atoms with E-state index >= 15 is 0 Å². The van der Waals surface area contributed by atoms with Crippen molar-refractivity contribution in [2.24, 2.45) is 0 Å². The van der Waals surface area contributed by atoms with E-state index in [1.54, 1.807) is 0 Å². The Morgan fingerprint density at radius 2 is 1.64 bits per heavy atom. The summed E-state index contributed by atoms with van der Waals surface area (Å²) in [6.45, 7) is 4.00. The topological polar surface area (TPSA) is 38.3 Å². The van der Waals surface area contributed by atoms with Crippen molar-refractivity contribution >= 4 is 17.2 Å². The largest absolute Gasteiger partial charge is 0.465 e. The minimum Gasteiger partial charge on any atom is -0.465 e. The Hall–Kier alpha value is -2.55. The molecule has 0 amide bonds. The molecule has 0 spiro atoms. The van der Waals surface area contributed by atoms with Gasteiger partial charge < -0.3 is 10.1 Å². The monoisotopic (exact) mass is 295 g/mol. The molecule has 1 heterocycles. The van der Waals surface area contributed by atoms with Gasteiger partial charge in [-0.15, -0.1) is 0 Å². The number of ether oxygens (including phenoxy) is 1. The lowest BCUT2D eigenvalue weighted by atomic mass is 9.93. The Morgan fingerprint density at radius 3 is 2.32 bits per heavy atom. The molecule has 1 N–H and O–H groups in total. The van der Waals surface area contributed by atoms with Crippen LogP contribution < -0.4 is 5.32 Å². The Bertz CT molecular complexity index is 662. The first kappa shape index (κ1) is 15.8. The second-order valence-electron chi connectivity index (χ2n) is 4.65. The van der Waals surface area contributed by atoms with Crippen LogP contribution in [0.4, 0.5) is 5.69 Å². The van der Waals surface area contributed by atoms with Gasteiger partial charge in [0.05, 0.1) is 18.7 Å². The number of esters is 1. The molecule has 0 saturated carbocycles. The number of para-hydroxylation sites is 1. The van der Waals surface area contributed by atoms with E-state index in [2.05, 4.69) is 5.32 Å². The van der Waals surface area contributed by atoms with Gasteiger partial charge in [-0.05, 0) is 17.7 Å². The first-order chi connectivity index (χ1) is 10.8. The SMILES string of the molecule is CC.COC(=O)C1=CC(c2ccccc2)Nc2ccccc21. The molecule has 0 fully saturated rings. The average molecular weight is 295 g/mol.